The van der Waals surface area contributed by atoms with Gasteiger partial charge in [0.1, 0.15) is 6.61 Å². The molecule has 0 saturated carbocycles. The monoisotopic (exact) mass is 587 g/mol. The molecule has 0 fully saturated rings. The van der Waals surface area contributed by atoms with E-state index in [9.17, 15) is 0 Å². The van der Waals surface area contributed by atoms with Gasteiger partial charge in [-0.25, -0.2) is 13.8 Å². The van der Waals surface area contributed by atoms with E-state index in [0.717, 1.165) is 25.0 Å². The minimum absolute atomic E-state index is 0.128. The highest BCUT2D eigenvalue weighted by molar-refractivity contribution is 6.09. The van der Waals surface area contributed by atoms with Crippen molar-refractivity contribution < 1.29 is 37.2 Å². The molecule has 228 valence electrons. The summed E-state index contributed by atoms with van der Waals surface area (Å²) in [7, 11) is 1.82. The summed E-state index contributed by atoms with van der Waals surface area (Å²) in [6, 6.07) is 6.69. The topological polar surface area (TPSA) is 86.1 Å². The molecule has 0 aliphatic heterocycles. The van der Waals surface area contributed by atoms with E-state index in [4.69, 9.17) is 28.4 Å². The predicted molar refractivity (Wildman–Crippen MR) is 156 cm³/mol. The second-order valence-corrected chi connectivity index (χ2v) is 9.55. The molecular formula is C31H39F2N3O6. The molecular weight excluding hydrogens is 548 g/mol. The zero-order valence-corrected chi connectivity index (χ0v) is 24.3. The quantitative estimate of drug-likeness (QED) is 0.128. The SMILES string of the molecule is CCCCOCCOCCOCCOCCOCCOc1ccc(-c2cc3c(c(F)c2F)c2cnccc2n3C)cn1. The van der Waals surface area contributed by atoms with Crippen LogP contribution in [-0.2, 0) is 30.7 Å². The molecule has 0 saturated heterocycles. The number of benzene rings is 1. The third kappa shape index (κ3) is 8.65. The molecule has 0 spiro atoms. The van der Waals surface area contributed by atoms with Crippen LogP contribution in [0.3, 0.4) is 0 Å². The predicted octanol–water partition coefficient (Wildman–Crippen LogP) is 5.33. The lowest BCUT2D eigenvalue weighted by Gasteiger charge is -2.09. The minimum Gasteiger partial charge on any atom is -0.475 e. The number of rotatable bonds is 20. The van der Waals surface area contributed by atoms with Crippen LogP contribution in [0.25, 0.3) is 32.9 Å². The summed E-state index contributed by atoms with van der Waals surface area (Å²) < 4.78 is 64.9. The van der Waals surface area contributed by atoms with Gasteiger partial charge in [0.05, 0.1) is 70.5 Å². The van der Waals surface area contributed by atoms with E-state index in [1.54, 1.807) is 36.7 Å². The van der Waals surface area contributed by atoms with Crippen molar-refractivity contribution >= 4 is 21.8 Å². The molecule has 0 aliphatic carbocycles. The van der Waals surface area contributed by atoms with Crippen molar-refractivity contribution in [2.75, 3.05) is 72.7 Å². The van der Waals surface area contributed by atoms with Gasteiger partial charge in [0.15, 0.2) is 11.6 Å². The van der Waals surface area contributed by atoms with Crippen LogP contribution in [0.15, 0.2) is 42.9 Å². The fourth-order valence-corrected chi connectivity index (χ4v) is 4.40. The first-order valence-corrected chi connectivity index (χ1v) is 14.3. The van der Waals surface area contributed by atoms with Gasteiger partial charge in [0, 0.05) is 60.2 Å². The van der Waals surface area contributed by atoms with Crippen molar-refractivity contribution in [2.45, 2.75) is 19.8 Å². The summed E-state index contributed by atoms with van der Waals surface area (Å²) in [6.07, 6.45) is 6.85. The second kappa shape index (κ2) is 17.0. The van der Waals surface area contributed by atoms with Crippen LogP contribution in [0.5, 0.6) is 5.88 Å². The minimum atomic E-state index is -0.926. The lowest BCUT2D eigenvalue weighted by atomic mass is 10.0. The number of unbranched alkanes of at least 4 members (excludes halogenated alkanes) is 1. The summed E-state index contributed by atoms with van der Waals surface area (Å²) >= 11 is 0. The highest BCUT2D eigenvalue weighted by Crippen LogP contribution is 2.36. The Morgan fingerprint density at radius 2 is 1.33 bits per heavy atom. The summed E-state index contributed by atoms with van der Waals surface area (Å²) in [5, 5.41) is 0.785. The summed E-state index contributed by atoms with van der Waals surface area (Å²) in [5.41, 5.74) is 1.92. The first-order chi connectivity index (χ1) is 20.6. The van der Waals surface area contributed by atoms with Crippen LogP contribution in [0.1, 0.15) is 19.8 Å². The Balaban J connectivity index is 1.09. The summed E-state index contributed by atoms with van der Waals surface area (Å²) in [4.78, 5) is 8.31. The molecule has 0 bridgehead atoms. The zero-order chi connectivity index (χ0) is 29.6. The number of fused-ring (bicyclic) bond motifs is 3. The Morgan fingerprint density at radius 3 is 1.93 bits per heavy atom. The molecule has 11 heteroatoms. The number of pyridine rings is 2. The number of aromatic nitrogens is 3. The average molecular weight is 588 g/mol. The third-order valence-electron chi connectivity index (χ3n) is 6.63. The Labute approximate surface area is 244 Å². The van der Waals surface area contributed by atoms with Crippen molar-refractivity contribution in [3.05, 3.63) is 54.5 Å². The smallest absolute Gasteiger partial charge is 0.213 e. The highest BCUT2D eigenvalue weighted by Gasteiger charge is 2.20. The van der Waals surface area contributed by atoms with Crippen molar-refractivity contribution in [3.63, 3.8) is 0 Å². The van der Waals surface area contributed by atoms with E-state index in [2.05, 4.69) is 16.9 Å². The van der Waals surface area contributed by atoms with E-state index in [-0.39, 0.29) is 17.6 Å². The van der Waals surface area contributed by atoms with Crippen molar-refractivity contribution in [3.8, 4) is 17.0 Å². The molecule has 0 N–H and O–H groups in total. The fraction of sp³-hybridized carbons (Fsp3) is 0.484. The van der Waals surface area contributed by atoms with Gasteiger partial charge in [-0.05, 0) is 24.6 Å². The molecule has 1 aromatic carbocycles. The number of ether oxygens (including phenoxy) is 6. The largest absolute Gasteiger partial charge is 0.475 e. The molecule has 4 aromatic rings. The molecule has 0 amide bonds. The van der Waals surface area contributed by atoms with E-state index < -0.39 is 11.6 Å². The van der Waals surface area contributed by atoms with Crippen LogP contribution in [0.4, 0.5) is 8.78 Å². The second-order valence-electron chi connectivity index (χ2n) is 9.55. The molecule has 0 radical (unpaired) electrons. The summed E-state index contributed by atoms with van der Waals surface area (Å²) in [6.45, 7) is 7.65. The van der Waals surface area contributed by atoms with Crippen LogP contribution in [0.2, 0.25) is 0 Å². The number of hydrogen-bond donors (Lipinski definition) is 0. The molecule has 3 aromatic heterocycles. The van der Waals surface area contributed by atoms with Gasteiger partial charge >= 0.3 is 0 Å². The highest BCUT2D eigenvalue weighted by atomic mass is 19.2. The number of halogens is 2. The molecule has 42 heavy (non-hydrogen) atoms. The molecule has 0 aliphatic rings. The lowest BCUT2D eigenvalue weighted by Crippen LogP contribution is -2.14. The Hall–Kier alpha value is -3.22. The molecule has 0 atom stereocenters. The Bertz CT molecular complexity index is 1380. The maximum Gasteiger partial charge on any atom is 0.213 e. The van der Waals surface area contributed by atoms with E-state index in [1.807, 2.05) is 11.6 Å². The zero-order valence-electron chi connectivity index (χ0n) is 24.3. The van der Waals surface area contributed by atoms with Gasteiger partial charge in [0.25, 0.3) is 0 Å². The van der Waals surface area contributed by atoms with Gasteiger partial charge in [0.2, 0.25) is 5.88 Å². The first kappa shape index (κ1) is 31.7. The number of nitrogens with zero attached hydrogens (tertiary/aromatic N) is 3. The third-order valence-corrected chi connectivity index (χ3v) is 6.63. The normalized spacial score (nSPS) is 11.6. The van der Waals surface area contributed by atoms with Gasteiger partial charge in [-0.3, -0.25) is 4.98 Å². The van der Waals surface area contributed by atoms with Crippen molar-refractivity contribution in [1.82, 2.24) is 14.5 Å². The van der Waals surface area contributed by atoms with E-state index >= 15 is 8.78 Å². The maximum atomic E-state index is 15.1. The average Bonchev–Trinajstić information content (AvgIpc) is 3.30. The number of aryl methyl sites for hydroxylation is 1. The molecule has 4 rings (SSSR count). The van der Waals surface area contributed by atoms with Gasteiger partial charge in [-0.2, -0.15) is 0 Å². The van der Waals surface area contributed by atoms with Crippen LogP contribution < -0.4 is 4.74 Å². The van der Waals surface area contributed by atoms with Crippen molar-refractivity contribution in [2.24, 2.45) is 7.05 Å². The van der Waals surface area contributed by atoms with E-state index in [0.29, 0.717) is 81.8 Å². The Kier molecular flexibility index (Phi) is 12.9. The standard InChI is InChI=1S/C31H39F2N3O6/c1-3-4-9-37-10-11-38-12-13-39-14-15-40-16-17-41-18-19-42-28-6-5-23(21-35-28)24-20-27-29(31(33)30(24)32)25-22-34-8-7-26(25)36(27)2/h5-8,20-22H,3-4,9-19H2,1-2H3. The van der Waals surface area contributed by atoms with E-state index in [1.165, 1.54) is 6.20 Å². The molecule has 3 heterocycles. The van der Waals surface area contributed by atoms with Gasteiger partial charge in [-0.15, -0.1) is 0 Å². The number of hydrogen-bond acceptors (Lipinski definition) is 8. The van der Waals surface area contributed by atoms with Crippen LogP contribution >= 0.6 is 0 Å². The van der Waals surface area contributed by atoms with Crippen LogP contribution in [0, 0.1) is 11.6 Å². The molecule has 9 nitrogen and oxygen atoms in total. The molecule has 0 unspecified atom stereocenters. The van der Waals surface area contributed by atoms with Crippen molar-refractivity contribution in [1.29, 1.82) is 0 Å². The summed E-state index contributed by atoms with van der Waals surface area (Å²) in [5.74, 6) is -1.47. The van der Waals surface area contributed by atoms with Gasteiger partial charge < -0.3 is 33.0 Å². The first-order valence-electron chi connectivity index (χ1n) is 14.3. The fourth-order valence-electron chi connectivity index (χ4n) is 4.40. The maximum absolute atomic E-state index is 15.1. The van der Waals surface area contributed by atoms with Gasteiger partial charge in [-0.1, -0.05) is 13.3 Å². The Morgan fingerprint density at radius 1 is 0.714 bits per heavy atom. The lowest BCUT2D eigenvalue weighted by molar-refractivity contribution is -0.0128. The van der Waals surface area contributed by atoms with Crippen LogP contribution in [-0.4, -0.2) is 87.2 Å².